The average Bonchev–Trinajstić information content (AvgIpc) is 2.59. The number of para-hydroxylation sites is 1. The number of amidine groups is 1. The number of rotatable bonds is 2. The van der Waals surface area contributed by atoms with Gasteiger partial charge in [0, 0.05) is 0 Å². The van der Waals surface area contributed by atoms with E-state index in [1.165, 1.54) is 28.6 Å². The summed E-state index contributed by atoms with van der Waals surface area (Å²) < 4.78 is 14.3. The van der Waals surface area contributed by atoms with Gasteiger partial charge in [0.25, 0.3) is 5.56 Å². The lowest BCUT2D eigenvalue weighted by Crippen LogP contribution is -2.34. The van der Waals surface area contributed by atoms with E-state index in [1.807, 2.05) is 12.3 Å². The van der Waals surface area contributed by atoms with Crippen molar-refractivity contribution in [2.45, 2.75) is 6.92 Å². The first-order chi connectivity index (χ1) is 11.6. The Hall–Kier alpha value is -2.67. The van der Waals surface area contributed by atoms with Gasteiger partial charge in [-0.05, 0) is 49.6 Å². The number of fused-ring (bicyclic) bond motifs is 1. The van der Waals surface area contributed by atoms with Crippen molar-refractivity contribution in [1.29, 1.82) is 0 Å². The van der Waals surface area contributed by atoms with Crippen LogP contribution >= 0.6 is 11.8 Å². The fraction of sp³-hybridized carbons (Fsp3) is 0.118. The van der Waals surface area contributed by atoms with Crippen LogP contribution in [0.4, 0.5) is 10.1 Å². The number of aliphatic imine (C=N–C) groups is 1. The second-order valence-electron chi connectivity index (χ2n) is 5.03. The molecule has 0 atom stereocenters. The summed E-state index contributed by atoms with van der Waals surface area (Å²) in [6.07, 6.45) is 1.84. The summed E-state index contributed by atoms with van der Waals surface area (Å²) in [5.74, 6) is 0.206. The largest absolute Gasteiger partial charge is 0.280 e. The first-order valence-electron chi connectivity index (χ1n) is 7.22. The molecule has 3 aromatic rings. The third-order valence-electron chi connectivity index (χ3n) is 3.40. The highest BCUT2D eigenvalue weighted by atomic mass is 32.2. The smallest absolute Gasteiger partial charge is 0.268 e. The zero-order valence-electron chi connectivity index (χ0n) is 13.2. The Morgan fingerprint density at radius 1 is 1.21 bits per heavy atom. The molecule has 122 valence electrons. The Morgan fingerprint density at radius 2 is 1.92 bits per heavy atom. The van der Waals surface area contributed by atoms with Crippen LogP contribution in [0.1, 0.15) is 5.82 Å². The molecule has 5 nitrogen and oxygen atoms in total. The van der Waals surface area contributed by atoms with E-state index >= 15 is 0 Å². The molecule has 0 aliphatic rings. The average molecular weight is 342 g/mol. The van der Waals surface area contributed by atoms with Crippen molar-refractivity contribution in [1.82, 2.24) is 9.66 Å². The van der Waals surface area contributed by atoms with Gasteiger partial charge >= 0.3 is 0 Å². The second-order valence-corrected chi connectivity index (χ2v) is 5.82. The summed E-state index contributed by atoms with van der Waals surface area (Å²) in [7, 11) is 0. The highest BCUT2D eigenvalue weighted by Crippen LogP contribution is 2.15. The Balaban J connectivity index is 2.01. The molecule has 1 N–H and O–H groups in total. The standard InChI is InChI=1S/C17H15FN4OS/c1-11-19-15-6-4-3-5-14(15)16(23)22(11)21-17(24-2)20-13-9-7-12(18)8-10-13/h3-10H,1-2H3,(H,20,21). The van der Waals surface area contributed by atoms with Gasteiger partial charge in [-0.15, -0.1) is 0 Å². The minimum Gasteiger partial charge on any atom is -0.268 e. The Labute approximate surface area is 142 Å². The van der Waals surface area contributed by atoms with Crippen LogP contribution in [0.5, 0.6) is 0 Å². The Kier molecular flexibility index (Phi) is 4.61. The maximum absolute atomic E-state index is 13.0. The van der Waals surface area contributed by atoms with Crippen LogP contribution in [0.3, 0.4) is 0 Å². The molecule has 0 aliphatic heterocycles. The molecule has 1 heterocycles. The molecule has 2 aromatic carbocycles. The summed E-state index contributed by atoms with van der Waals surface area (Å²) in [5.41, 5.74) is 4.03. The number of nitrogens with one attached hydrogen (secondary N) is 1. The molecular weight excluding hydrogens is 327 g/mol. The summed E-state index contributed by atoms with van der Waals surface area (Å²) in [6.45, 7) is 1.75. The lowest BCUT2D eigenvalue weighted by atomic mass is 10.2. The molecule has 3 rings (SSSR count). The van der Waals surface area contributed by atoms with Gasteiger partial charge in [0.2, 0.25) is 0 Å². The molecule has 7 heteroatoms. The first kappa shape index (κ1) is 16.2. The van der Waals surface area contributed by atoms with Crippen molar-refractivity contribution in [2.24, 2.45) is 4.99 Å². The van der Waals surface area contributed by atoms with Gasteiger partial charge < -0.3 is 0 Å². The highest BCUT2D eigenvalue weighted by Gasteiger charge is 2.09. The van der Waals surface area contributed by atoms with Crippen molar-refractivity contribution < 1.29 is 4.39 Å². The van der Waals surface area contributed by atoms with Gasteiger partial charge in [0.05, 0.1) is 16.6 Å². The number of halogens is 1. The zero-order valence-corrected chi connectivity index (χ0v) is 14.0. The predicted molar refractivity (Wildman–Crippen MR) is 97.1 cm³/mol. The highest BCUT2D eigenvalue weighted by molar-refractivity contribution is 8.13. The number of benzene rings is 2. The lowest BCUT2D eigenvalue weighted by molar-refractivity contribution is 0.628. The number of nitrogens with zero attached hydrogens (tertiary/aromatic N) is 3. The molecule has 1 aromatic heterocycles. The first-order valence-corrected chi connectivity index (χ1v) is 8.44. The van der Waals surface area contributed by atoms with Gasteiger partial charge in [-0.3, -0.25) is 10.2 Å². The van der Waals surface area contributed by atoms with Gasteiger partial charge in [0.1, 0.15) is 11.6 Å². The van der Waals surface area contributed by atoms with Gasteiger partial charge in [-0.2, -0.15) is 0 Å². The topological polar surface area (TPSA) is 59.3 Å². The van der Waals surface area contributed by atoms with Crippen LogP contribution in [0.25, 0.3) is 10.9 Å². The van der Waals surface area contributed by atoms with Gasteiger partial charge in [-0.25, -0.2) is 19.0 Å². The van der Waals surface area contributed by atoms with E-state index in [1.54, 1.807) is 37.3 Å². The zero-order chi connectivity index (χ0) is 17.1. The summed E-state index contributed by atoms with van der Waals surface area (Å²) in [6, 6.07) is 13.0. The van der Waals surface area contributed by atoms with Crippen molar-refractivity contribution in [3.63, 3.8) is 0 Å². The summed E-state index contributed by atoms with van der Waals surface area (Å²) in [5, 5.41) is 1.03. The van der Waals surface area contributed by atoms with Crippen LogP contribution < -0.4 is 11.0 Å². The summed E-state index contributed by atoms with van der Waals surface area (Å²) in [4.78, 5) is 21.5. The normalized spacial score (nSPS) is 11.7. The Morgan fingerprint density at radius 3 is 2.62 bits per heavy atom. The van der Waals surface area contributed by atoms with Gasteiger partial charge in [0.15, 0.2) is 5.17 Å². The number of hydrogen-bond acceptors (Lipinski definition) is 4. The quantitative estimate of drug-likeness (QED) is 0.572. The molecule has 0 aliphatic carbocycles. The maximum atomic E-state index is 13.0. The molecule has 0 radical (unpaired) electrons. The van der Waals surface area contributed by atoms with E-state index in [2.05, 4.69) is 15.4 Å². The SMILES string of the molecule is CSC(=Nc1ccc(F)cc1)Nn1c(C)nc2ccccc2c1=O. The molecule has 0 spiro atoms. The van der Waals surface area contributed by atoms with Crippen molar-refractivity contribution in [3.8, 4) is 0 Å². The van der Waals surface area contributed by atoms with E-state index in [0.717, 1.165) is 0 Å². The van der Waals surface area contributed by atoms with Crippen molar-refractivity contribution >= 4 is 33.5 Å². The molecule has 0 saturated carbocycles. The van der Waals surface area contributed by atoms with Gasteiger partial charge in [-0.1, -0.05) is 23.9 Å². The molecular formula is C17H15FN4OS. The molecule has 0 unspecified atom stereocenters. The lowest BCUT2D eigenvalue weighted by Gasteiger charge is -2.13. The molecule has 0 fully saturated rings. The monoisotopic (exact) mass is 342 g/mol. The number of aryl methyl sites for hydroxylation is 1. The fourth-order valence-electron chi connectivity index (χ4n) is 2.22. The van der Waals surface area contributed by atoms with E-state index in [-0.39, 0.29) is 11.4 Å². The summed E-state index contributed by atoms with van der Waals surface area (Å²) >= 11 is 1.34. The van der Waals surface area contributed by atoms with Crippen LogP contribution in [0.15, 0.2) is 58.3 Å². The number of thioether (sulfide) groups is 1. The van der Waals surface area contributed by atoms with Crippen molar-refractivity contribution in [2.75, 3.05) is 11.7 Å². The molecule has 24 heavy (non-hydrogen) atoms. The van der Waals surface area contributed by atoms with E-state index in [9.17, 15) is 9.18 Å². The number of hydrogen-bond donors (Lipinski definition) is 1. The molecule has 0 amide bonds. The van der Waals surface area contributed by atoms with Crippen LogP contribution in [-0.2, 0) is 0 Å². The maximum Gasteiger partial charge on any atom is 0.280 e. The number of aromatic nitrogens is 2. The van der Waals surface area contributed by atoms with Crippen LogP contribution in [-0.4, -0.2) is 21.1 Å². The van der Waals surface area contributed by atoms with Crippen molar-refractivity contribution in [3.05, 3.63) is 70.5 Å². The predicted octanol–water partition coefficient (Wildman–Crippen LogP) is 3.44. The van der Waals surface area contributed by atoms with Crippen LogP contribution in [0.2, 0.25) is 0 Å². The van der Waals surface area contributed by atoms with E-state index in [4.69, 9.17) is 0 Å². The Bertz CT molecular complexity index is 966. The molecule has 0 saturated heterocycles. The second kappa shape index (κ2) is 6.84. The third-order valence-corrected chi connectivity index (χ3v) is 3.97. The molecule has 0 bridgehead atoms. The van der Waals surface area contributed by atoms with E-state index < -0.39 is 0 Å². The minimum absolute atomic E-state index is 0.195. The fourth-order valence-corrected chi connectivity index (χ4v) is 2.60. The van der Waals surface area contributed by atoms with E-state index in [0.29, 0.717) is 27.6 Å². The third kappa shape index (κ3) is 3.30. The minimum atomic E-state index is -0.321. The van der Waals surface area contributed by atoms with Crippen LogP contribution in [0, 0.1) is 12.7 Å².